The maximum atomic E-state index is 13.5. The lowest BCUT2D eigenvalue weighted by Gasteiger charge is -2.17. The van der Waals surface area contributed by atoms with Crippen LogP contribution in [-0.4, -0.2) is 18.6 Å². The summed E-state index contributed by atoms with van der Waals surface area (Å²) in [7, 11) is 0. The van der Waals surface area contributed by atoms with Crippen LogP contribution in [0.5, 0.6) is 5.75 Å². The van der Waals surface area contributed by atoms with Gasteiger partial charge in [-0.3, -0.25) is 4.79 Å². The van der Waals surface area contributed by atoms with Crippen LogP contribution in [0, 0.1) is 5.82 Å². The smallest absolute Gasteiger partial charge is 0.258 e. The molecule has 1 aliphatic rings. The molecule has 3 N–H and O–H groups in total. The third-order valence-corrected chi connectivity index (χ3v) is 3.86. The van der Waals surface area contributed by atoms with E-state index < -0.39 is 5.82 Å². The van der Waals surface area contributed by atoms with Crippen LogP contribution in [0.15, 0.2) is 18.2 Å². The molecule has 0 aliphatic heterocycles. The van der Waals surface area contributed by atoms with Gasteiger partial charge in [-0.25, -0.2) is 4.39 Å². The van der Waals surface area contributed by atoms with Gasteiger partial charge >= 0.3 is 0 Å². The molecule has 1 aliphatic carbocycles. The van der Waals surface area contributed by atoms with E-state index in [1.807, 2.05) is 0 Å². The highest BCUT2D eigenvalue weighted by Gasteiger charge is 2.15. The maximum absolute atomic E-state index is 13.5. The van der Waals surface area contributed by atoms with Crippen molar-refractivity contribution >= 4 is 5.91 Å². The van der Waals surface area contributed by atoms with Crippen molar-refractivity contribution < 1.29 is 13.9 Å². The third kappa shape index (κ3) is 4.70. The fraction of sp³-hybridized carbons (Fsp3) is 0.562. The average molecular weight is 294 g/mol. The Morgan fingerprint density at radius 2 is 2.00 bits per heavy atom. The van der Waals surface area contributed by atoms with Crippen molar-refractivity contribution in [2.24, 2.45) is 5.73 Å². The first-order chi connectivity index (χ1) is 10.2. The fourth-order valence-corrected chi connectivity index (χ4v) is 2.71. The Morgan fingerprint density at radius 3 is 2.67 bits per heavy atom. The molecule has 1 amide bonds. The SMILES string of the molecule is NCc1c(F)cccc1OCC(=O)NC1CCCCCC1. The van der Waals surface area contributed by atoms with Crippen molar-refractivity contribution in [3.63, 3.8) is 0 Å². The standard InChI is InChI=1S/C16H23FN2O2/c17-14-8-5-9-15(13(14)10-18)21-11-16(20)19-12-6-3-1-2-4-7-12/h5,8-9,12H,1-4,6-7,10-11,18H2,(H,19,20). The molecule has 1 aromatic carbocycles. The zero-order chi connectivity index (χ0) is 15.1. The summed E-state index contributed by atoms with van der Waals surface area (Å²) in [5.74, 6) is -0.221. The monoisotopic (exact) mass is 294 g/mol. The first-order valence-electron chi connectivity index (χ1n) is 7.60. The molecule has 0 atom stereocenters. The van der Waals surface area contributed by atoms with E-state index in [-0.39, 0.29) is 25.1 Å². The van der Waals surface area contributed by atoms with Crippen LogP contribution in [0.4, 0.5) is 4.39 Å². The molecule has 0 heterocycles. The number of carbonyl (C=O) groups excluding carboxylic acids is 1. The van der Waals surface area contributed by atoms with Gasteiger partial charge in [-0.05, 0) is 25.0 Å². The number of nitrogens with one attached hydrogen (secondary N) is 1. The van der Waals surface area contributed by atoms with Crippen molar-refractivity contribution in [3.05, 3.63) is 29.6 Å². The summed E-state index contributed by atoms with van der Waals surface area (Å²) in [4.78, 5) is 11.9. The summed E-state index contributed by atoms with van der Waals surface area (Å²) in [5.41, 5.74) is 5.81. The molecule has 5 heteroatoms. The minimum Gasteiger partial charge on any atom is -0.483 e. The Kier molecular flexibility index (Phi) is 5.99. The topological polar surface area (TPSA) is 64.3 Å². The summed E-state index contributed by atoms with van der Waals surface area (Å²) in [5, 5.41) is 2.99. The lowest BCUT2D eigenvalue weighted by molar-refractivity contribution is -0.123. The lowest BCUT2D eigenvalue weighted by atomic mass is 10.1. The molecular formula is C16H23FN2O2. The maximum Gasteiger partial charge on any atom is 0.258 e. The molecule has 2 rings (SSSR count). The van der Waals surface area contributed by atoms with E-state index in [0.29, 0.717) is 11.3 Å². The van der Waals surface area contributed by atoms with E-state index in [1.54, 1.807) is 12.1 Å². The first kappa shape index (κ1) is 15.8. The van der Waals surface area contributed by atoms with Crippen LogP contribution in [-0.2, 0) is 11.3 Å². The zero-order valence-corrected chi connectivity index (χ0v) is 12.2. The van der Waals surface area contributed by atoms with Crippen LogP contribution >= 0.6 is 0 Å². The molecule has 1 fully saturated rings. The number of carbonyl (C=O) groups is 1. The van der Waals surface area contributed by atoms with Crippen LogP contribution < -0.4 is 15.8 Å². The number of rotatable bonds is 5. The lowest BCUT2D eigenvalue weighted by Crippen LogP contribution is -2.37. The second kappa shape index (κ2) is 7.98. The molecule has 0 bridgehead atoms. The quantitative estimate of drug-likeness (QED) is 0.820. The van der Waals surface area contributed by atoms with Gasteiger partial charge in [-0.15, -0.1) is 0 Å². The zero-order valence-electron chi connectivity index (χ0n) is 12.2. The van der Waals surface area contributed by atoms with Crippen molar-refractivity contribution in [3.8, 4) is 5.75 Å². The molecule has 1 aromatic rings. The van der Waals surface area contributed by atoms with E-state index in [4.69, 9.17) is 10.5 Å². The number of nitrogens with two attached hydrogens (primary N) is 1. The van der Waals surface area contributed by atoms with E-state index in [0.717, 1.165) is 25.7 Å². The van der Waals surface area contributed by atoms with E-state index in [2.05, 4.69) is 5.32 Å². The molecule has 21 heavy (non-hydrogen) atoms. The summed E-state index contributed by atoms with van der Waals surface area (Å²) in [6, 6.07) is 4.75. The molecule has 116 valence electrons. The second-order valence-electron chi connectivity index (χ2n) is 5.47. The van der Waals surface area contributed by atoms with Gasteiger partial charge < -0.3 is 15.8 Å². The largest absolute Gasteiger partial charge is 0.483 e. The van der Waals surface area contributed by atoms with E-state index in [9.17, 15) is 9.18 Å². The normalized spacial score (nSPS) is 16.3. The van der Waals surface area contributed by atoms with Crippen LogP contribution in [0.25, 0.3) is 0 Å². The number of amides is 1. The van der Waals surface area contributed by atoms with Gasteiger partial charge in [-0.2, -0.15) is 0 Å². The minimum absolute atomic E-state index is 0.0479. The molecule has 4 nitrogen and oxygen atoms in total. The van der Waals surface area contributed by atoms with Gasteiger partial charge in [0.25, 0.3) is 5.91 Å². The number of hydrogen-bond acceptors (Lipinski definition) is 3. The molecule has 0 unspecified atom stereocenters. The van der Waals surface area contributed by atoms with Crippen molar-refractivity contribution in [2.75, 3.05) is 6.61 Å². The molecule has 0 spiro atoms. The summed E-state index contributed by atoms with van der Waals surface area (Å²) >= 11 is 0. The van der Waals surface area contributed by atoms with Gasteiger partial charge in [-0.1, -0.05) is 31.7 Å². The number of benzene rings is 1. The summed E-state index contributed by atoms with van der Waals surface area (Å²) in [6.07, 6.45) is 6.86. The highest BCUT2D eigenvalue weighted by Crippen LogP contribution is 2.21. The molecule has 0 radical (unpaired) electrons. The first-order valence-corrected chi connectivity index (χ1v) is 7.60. The Bertz CT molecular complexity index is 471. The number of hydrogen-bond donors (Lipinski definition) is 2. The predicted molar refractivity (Wildman–Crippen MR) is 79.4 cm³/mol. The van der Waals surface area contributed by atoms with Crippen molar-refractivity contribution in [1.82, 2.24) is 5.32 Å². The van der Waals surface area contributed by atoms with Gasteiger partial charge in [0, 0.05) is 18.2 Å². The second-order valence-corrected chi connectivity index (χ2v) is 5.47. The number of ether oxygens (including phenoxy) is 1. The van der Waals surface area contributed by atoms with Crippen LogP contribution in [0.3, 0.4) is 0 Å². The Labute approximate surface area is 124 Å². The van der Waals surface area contributed by atoms with Gasteiger partial charge in [0.2, 0.25) is 0 Å². The summed E-state index contributed by atoms with van der Waals surface area (Å²) < 4.78 is 18.9. The average Bonchev–Trinajstić information content (AvgIpc) is 2.74. The van der Waals surface area contributed by atoms with Crippen LogP contribution in [0.1, 0.15) is 44.1 Å². The number of halogens is 1. The van der Waals surface area contributed by atoms with Gasteiger partial charge in [0.1, 0.15) is 11.6 Å². The molecular weight excluding hydrogens is 271 g/mol. The molecule has 0 aromatic heterocycles. The fourth-order valence-electron chi connectivity index (χ4n) is 2.71. The molecule has 1 saturated carbocycles. The summed E-state index contributed by atoms with van der Waals surface area (Å²) in [6.45, 7) is -0.0563. The van der Waals surface area contributed by atoms with Crippen LogP contribution in [0.2, 0.25) is 0 Å². The third-order valence-electron chi connectivity index (χ3n) is 3.86. The highest BCUT2D eigenvalue weighted by molar-refractivity contribution is 5.77. The van der Waals surface area contributed by atoms with Crippen molar-refractivity contribution in [2.45, 2.75) is 51.1 Å². The highest BCUT2D eigenvalue weighted by atomic mass is 19.1. The van der Waals surface area contributed by atoms with Gasteiger partial charge in [0.15, 0.2) is 6.61 Å². The van der Waals surface area contributed by atoms with Crippen molar-refractivity contribution in [1.29, 1.82) is 0 Å². The predicted octanol–water partition coefficient (Wildman–Crippen LogP) is 2.50. The Hall–Kier alpha value is -1.62. The van der Waals surface area contributed by atoms with E-state index in [1.165, 1.54) is 18.9 Å². The van der Waals surface area contributed by atoms with E-state index >= 15 is 0 Å². The Morgan fingerprint density at radius 1 is 1.29 bits per heavy atom. The minimum atomic E-state index is -0.404. The Balaban J connectivity index is 1.85. The molecule has 0 saturated heterocycles. The van der Waals surface area contributed by atoms with Gasteiger partial charge in [0.05, 0.1) is 0 Å².